The average molecular weight is 904 g/mol. The standard InChI is InChI=1S/C53H93NO10/c1-4-7-10-13-16-19-22-25-27-30-33-36-39-45(56)44(54-52(61)46(57)40-37-34-31-28-26-23-20-17-14-11-8-5-2)43-62-53-51(50(60)49(59)47(42-55)63-53)64-48(58)41-38-35-32-29-24-21-18-15-12-9-6-3/h8,11,14-15,17-18,20,23,36,39,44-47,49-51,53,55-57,59-60H,4-7,9-10,12-13,16,19,21-22,24-35,37-38,40-43H2,1-3H3,(H,54,61)/b11-8+,17-14+,18-15-,23-20-,39-36+. The van der Waals surface area contributed by atoms with Gasteiger partial charge in [-0.3, -0.25) is 9.59 Å². The number of amides is 1. The van der Waals surface area contributed by atoms with Gasteiger partial charge in [-0.05, 0) is 64.2 Å². The van der Waals surface area contributed by atoms with Crippen molar-refractivity contribution < 1.29 is 49.3 Å². The Morgan fingerprint density at radius 1 is 0.625 bits per heavy atom. The predicted molar refractivity (Wildman–Crippen MR) is 260 cm³/mol. The van der Waals surface area contributed by atoms with Crippen LogP contribution >= 0.6 is 0 Å². The van der Waals surface area contributed by atoms with E-state index in [9.17, 15) is 35.1 Å². The predicted octanol–water partition coefficient (Wildman–Crippen LogP) is 10.3. The largest absolute Gasteiger partial charge is 0.454 e. The highest BCUT2D eigenvalue weighted by Gasteiger charge is 2.47. The first kappa shape index (κ1) is 59.4. The van der Waals surface area contributed by atoms with Crippen LogP contribution in [0.15, 0.2) is 60.8 Å². The summed E-state index contributed by atoms with van der Waals surface area (Å²) in [6.07, 6.45) is 38.5. The molecule has 1 amide bonds. The van der Waals surface area contributed by atoms with Gasteiger partial charge in [-0.2, -0.15) is 0 Å². The van der Waals surface area contributed by atoms with Crippen molar-refractivity contribution in [2.45, 2.75) is 250 Å². The Balaban J connectivity index is 2.82. The van der Waals surface area contributed by atoms with Crippen LogP contribution in [0.2, 0.25) is 0 Å². The molecule has 0 spiro atoms. The summed E-state index contributed by atoms with van der Waals surface area (Å²) in [6, 6.07) is -1.03. The first-order valence-electron chi connectivity index (χ1n) is 25.6. The number of aliphatic hydroxyl groups excluding tert-OH is 5. The van der Waals surface area contributed by atoms with E-state index in [-0.39, 0.29) is 19.4 Å². The van der Waals surface area contributed by atoms with Gasteiger partial charge in [0.25, 0.3) is 0 Å². The number of esters is 1. The van der Waals surface area contributed by atoms with Gasteiger partial charge in [-0.1, -0.05) is 191 Å². The van der Waals surface area contributed by atoms with Gasteiger partial charge in [0.05, 0.1) is 25.4 Å². The number of hydrogen-bond donors (Lipinski definition) is 6. The van der Waals surface area contributed by atoms with Crippen LogP contribution in [0, 0.1) is 0 Å². The van der Waals surface area contributed by atoms with Crippen LogP contribution < -0.4 is 5.32 Å². The number of carbonyl (C=O) groups is 2. The van der Waals surface area contributed by atoms with Gasteiger partial charge in [0.2, 0.25) is 5.91 Å². The molecule has 0 aromatic heterocycles. The molecule has 1 fully saturated rings. The minimum Gasteiger partial charge on any atom is -0.454 e. The number of hydrogen-bond acceptors (Lipinski definition) is 10. The van der Waals surface area contributed by atoms with Crippen molar-refractivity contribution in [3.05, 3.63) is 60.8 Å². The third kappa shape index (κ3) is 30.5. The molecule has 0 saturated carbocycles. The second kappa shape index (κ2) is 41.8. The highest BCUT2D eigenvalue weighted by atomic mass is 16.7. The minimum absolute atomic E-state index is 0.108. The molecule has 0 radical (unpaired) electrons. The molecule has 370 valence electrons. The number of rotatable bonds is 41. The molecule has 11 heteroatoms. The van der Waals surface area contributed by atoms with Crippen molar-refractivity contribution >= 4 is 11.9 Å². The fourth-order valence-electron chi connectivity index (χ4n) is 7.57. The molecule has 1 heterocycles. The summed E-state index contributed by atoms with van der Waals surface area (Å²) in [5.41, 5.74) is 0. The zero-order valence-corrected chi connectivity index (χ0v) is 40.4. The summed E-state index contributed by atoms with van der Waals surface area (Å²) in [7, 11) is 0. The molecule has 0 aromatic rings. The Hall–Kier alpha value is -2.64. The van der Waals surface area contributed by atoms with E-state index in [1.54, 1.807) is 6.08 Å². The molecule has 1 rings (SSSR count). The highest BCUT2D eigenvalue weighted by molar-refractivity contribution is 5.80. The number of nitrogens with one attached hydrogen (secondary N) is 1. The SMILES string of the molecule is CC/C=C/C=C/C=C\CCCCCCC(O)C(=O)NC(COC1OC(CO)C(O)C(O)C1OC(=O)CCCCCCC/C=C\CCCC)C(O)/C=C/CCCCCCCCCCCC. The normalized spacial score (nSPS) is 20.9. The Bertz CT molecular complexity index is 1270. The fraction of sp³-hybridized carbons (Fsp3) is 0.774. The van der Waals surface area contributed by atoms with Crippen molar-refractivity contribution in [3.63, 3.8) is 0 Å². The second-order valence-electron chi connectivity index (χ2n) is 17.6. The van der Waals surface area contributed by atoms with Gasteiger partial charge >= 0.3 is 5.97 Å². The monoisotopic (exact) mass is 904 g/mol. The van der Waals surface area contributed by atoms with Crippen molar-refractivity contribution in [3.8, 4) is 0 Å². The van der Waals surface area contributed by atoms with Crippen LogP contribution in [-0.2, 0) is 23.8 Å². The van der Waals surface area contributed by atoms with Gasteiger partial charge in [-0.25, -0.2) is 0 Å². The molecule has 64 heavy (non-hydrogen) atoms. The number of allylic oxidation sites excluding steroid dienone is 9. The van der Waals surface area contributed by atoms with E-state index >= 15 is 0 Å². The molecule has 8 atom stereocenters. The van der Waals surface area contributed by atoms with Crippen LogP contribution in [0.25, 0.3) is 0 Å². The van der Waals surface area contributed by atoms with E-state index in [2.05, 4.69) is 50.4 Å². The van der Waals surface area contributed by atoms with Crippen molar-refractivity contribution in [1.29, 1.82) is 0 Å². The van der Waals surface area contributed by atoms with Crippen molar-refractivity contribution in [2.24, 2.45) is 0 Å². The lowest BCUT2D eigenvalue weighted by Crippen LogP contribution is -2.61. The molecule has 1 aliphatic rings. The zero-order chi connectivity index (χ0) is 46.9. The van der Waals surface area contributed by atoms with Crippen LogP contribution in [0.4, 0.5) is 0 Å². The summed E-state index contributed by atoms with van der Waals surface area (Å²) in [6.45, 7) is 5.55. The lowest BCUT2D eigenvalue weighted by Gasteiger charge is -2.41. The zero-order valence-electron chi connectivity index (χ0n) is 40.4. The van der Waals surface area contributed by atoms with E-state index in [4.69, 9.17) is 14.2 Å². The van der Waals surface area contributed by atoms with E-state index in [1.807, 2.05) is 30.4 Å². The summed E-state index contributed by atoms with van der Waals surface area (Å²) >= 11 is 0. The molecule has 11 nitrogen and oxygen atoms in total. The summed E-state index contributed by atoms with van der Waals surface area (Å²) in [4.78, 5) is 26.3. The van der Waals surface area contributed by atoms with Crippen molar-refractivity contribution in [1.82, 2.24) is 5.32 Å². The van der Waals surface area contributed by atoms with Gasteiger partial charge in [-0.15, -0.1) is 0 Å². The molecule has 0 aliphatic carbocycles. The average Bonchev–Trinajstić information content (AvgIpc) is 3.29. The summed E-state index contributed by atoms with van der Waals surface area (Å²) < 4.78 is 17.5. The summed E-state index contributed by atoms with van der Waals surface area (Å²) in [5.74, 6) is -1.23. The summed E-state index contributed by atoms with van der Waals surface area (Å²) in [5, 5.41) is 56.5. The van der Waals surface area contributed by atoms with Gasteiger partial charge in [0.15, 0.2) is 12.4 Å². The van der Waals surface area contributed by atoms with E-state index in [0.29, 0.717) is 12.8 Å². The van der Waals surface area contributed by atoms with Gasteiger partial charge in [0, 0.05) is 6.42 Å². The Morgan fingerprint density at radius 3 is 1.77 bits per heavy atom. The number of ether oxygens (including phenoxy) is 3. The maximum absolute atomic E-state index is 13.3. The Kier molecular flexibility index (Phi) is 38.7. The number of aliphatic hydroxyl groups is 5. The maximum Gasteiger partial charge on any atom is 0.306 e. The molecule has 1 aliphatic heterocycles. The molecule has 1 saturated heterocycles. The van der Waals surface area contributed by atoms with E-state index in [1.165, 1.54) is 64.2 Å². The van der Waals surface area contributed by atoms with Crippen molar-refractivity contribution in [2.75, 3.05) is 13.2 Å². The maximum atomic E-state index is 13.3. The lowest BCUT2D eigenvalue weighted by atomic mass is 9.99. The van der Waals surface area contributed by atoms with Crippen LogP contribution in [-0.4, -0.2) is 99.6 Å². The van der Waals surface area contributed by atoms with Gasteiger partial charge in [0.1, 0.15) is 24.4 Å². The van der Waals surface area contributed by atoms with Crippen LogP contribution in [0.3, 0.4) is 0 Å². The van der Waals surface area contributed by atoms with Crippen LogP contribution in [0.1, 0.15) is 201 Å². The first-order valence-corrected chi connectivity index (χ1v) is 25.6. The van der Waals surface area contributed by atoms with E-state index < -0.39 is 67.4 Å². The minimum atomic E-state index is -1.62. The Labute approximate surface area is 388 Å². The quantitative estimate of drug-likeness (QED) is 0.0150. The number of unbranched alkanes of at least 4 members (excludes halogenated alkanes) is 21. The molecule has 6 N–H and O–H groups in total. The number of carbonyl (C=O) groups excluding carboxylic acids is 2. The fourth-order valence-corrected chi connectivity index (χ4v) is 7.57. The second-order valence-corrected chi connectivity index (χ2v) is 17.6. The highest BCUT2D eigenvalue weighted by Crippen LogP contribution is 2.26. The third-order valence-corrected chi connectivity index (χ3v) is 11.7. The smallest absolute Gasteiger partial charge is 0.306 e. The topological polar surface area (TPSA) is 175 Å². The molecule has 0 bridgehead atoms. The first-order chi connectivity index (χ1) is 31.2. The molecule has 0 aromatic carbocycles. The van der Waals surface area contributed by atoms with E-state index in [0.717, 1.165) is 89.9 Å². The van der Waals surface area contributed by atoms with Crippen LogP contribution in [0.5, 0.6) is 0 Å². The molecule has 8 unspecified atom stereocenters. The molecular weight excluding hydrogens is 811 g/mol. The Morgan fingerprint density at radius 2 is 1.16 bits per heavy atom. The van der Waals surface area contributed by atoms with Gasteiger partial charge < -0.3 is 45.1 Å². The third-order valence-electron chi connectivity index (χ3n) is 11.7. The lowest BCUT2D eigenvalue weighted by molar-refractivity contribution is -0.305. The molecular formula is C53H93NO10.